The normalized spacial score (nSPS) is 10.5. The quantitative estimate of drug-likeness (QED) is 0.933. The van der Waals surface area contributed by atoms with Crippen LogP contribution in [0, 0.1) is 6.92 Å². The monoisotopic (exact) mass is 277 g/mol. The zero-order chi connectivity index (χ0) is 12.4. The predicted molar refractivity (Wildman–Crippen MR) is 66.0 cm³/mol. The minimum absolute atomic E-state index is 0. The van der Waals surface area contributed by atoms with Crippen LogP contribution >= 0.6 is 12.4 Å². The van der Waals surface area contributed by atoms with E-state index in [9.17, 15) is 8.78 Å². The summed E-state index contributed by atoms with van der Waals surface area (Å²) in [6.45, 7) is -0.450. The van der Waals surface area contributed by atoms with Gasteiger partial charge in [-0.2, -0.15) is 19.0 Å². The number of aromatic nitrogens is 4. The van der Waals surface area contributed by atoms with Crippen molar-refractivity contribution in [2.24, 2.45) is 7.05 Å². The van der Waals surface area contributed by atoms with E-state index in [1.807, 2.05) is 20.2 Å². The lowest BCUT2D eigenvalue weighted by atomic mass is 10.3. The van der Waals surface area contributed by atoms with Gasteiger partial charge in [0, 0.05) is 25.0 Å². The molecule has 0 spiro atoms. The smallest absolute Gasteiger partial charge is 0.333 e. The average Bonchev–Trinajstić information content (AvgIpc) is 2.82. The van der Waals surface area contributed by atoms with Crippen LogP contribution in [0.5, 0.6) is 0 Å². The van der Waals surface area contributed by atoms with Gasteiger partial charge in [-0.1, -0.05) is 0 Å². The molecule has 0 aliphatic heterocycles. The molecular weight excluding hydrogens is 264 g/mol. The van der Waals surface area contributed by atoms with E-state index < -0.39 is 6.55 Å². The van der Waals surface area contributed by atoms with Crippen LogP contribution in [-0.2, 0) is 13.6 Å². The van der Waals surface area contributed by atoms with Gasteiger partial charge in [-0.05, 0) is 13.0 Å². The highest BCUT2D eigenvalue weighted by Crippen LogP contribution is 2.15. The molecule has 2 rings (SSSR count). The Bertz CT molecular complexity index is 508. The van der Waals surface area contributed by atoms with Crippen molar-refractivity contribution in [1.82, 2.24) is 19.6 Å². The van der Waals surface area contributed by atoms with Crippen LogP contribution in [0.15, 0.2) is 18.5 Å². The third-order valence-corrected chi connectivity index (χ3v) is 2.39. The Morgan fingerprint density at radius 1 is 1.44 bits per heavy atom. The number of aryl methyl sites for hydroxylation is 2. The van der Waals surface area contributed by atoms with E-state index in [4.69, 9.17) is 0 Å². The fraction of sp³-hybridized carbons (Fsp3) is 0.400. The molecule has 0 saturated carbocycles. The van der Waals surface area contributed by atoms with Crippen molar-refractivity contribution in [1.29, 1.82) is 0 Å². The molecule has 2 heterocycles. The van der Waals surface area contributed by atoms with Crippen LogP contribution in [0.4, 0.5) is 14.6 Å². The molecule has 0 fully saturated rings. The Labute approximate surface area is 109 Å². The first-order valence-corrected chi connectivity index (χ1v) is 5.12. The second kappa shape index (κ2) is 5.81. The van der Waals surface area contributed by atoms with Gasteiger partial charge in [-0.3, -0.25) is 4.68 Å². The number of alkyl halides is 2. The van der Waals surface area contributed by atoms with Gasteiger partial charge in [-0.15, -0.1) is 12.4 Å². The summed E-state index contributed by atoms with van der Waals surface area (Å²) in [5.41, 5.74) is 1.39. The van der Waals surface area contributed by atoms with Gasteiger partial charge >= 0.3 is 6.55 Å². The summed E-state index contributed by atoms with van der Waals surface area (Å²) in [6, 6.07) is 1.55. The molecule has 0 aliphatic rings. The summed E-state index contributed by atoms with van der Waals surface area (Å²) >= 11 is 0. The van der Waals surface area contributed by atoms with Crippen molar-refractivity contribution in [3.63, 3.8) is 0 Å². The third kappa shape index (κ3) is 2.98. The van der Waals surface area contributed by atoms with Gasteiger partial charge in [0.2, 0.25) is 0 Å². The van der Waals surface area contributed by atoms with Crippen LogP contribution in [0.3, 0.4) is 0 Å². The summed E-state index contributed by atoms with van der Waals surface area (Å²) in [5, 5.41) is 10.7. The number of rotatable bonds is 4. The summed E-state index contributed by atoms with van der Waals surface area (Å²) in [6.07, 6.45) is 3.21. The van der Waals surface area contributed by atoms with E-state index in [0.29, 0.717) is 16.2 Å². The Morgan fingerprint density at radius 3 is 2.72 bits per heavy atom. The third-order valence-electron chi connectivity index (χ3n) is 2.39. The zero-order valence-electron chi connectivity index (χ0n) is 9.97. The van der Waals surface area contributed by atoms with E-state index in [0.717, 1.165) is 5.56 Å². The van der Waals surface area contributed by atoms with Crippen LogP contribution < -0.4 is 5.32 Å². The maximum atomic E-state index is 12.5. The Morgan fingerprint density at radius 2 is 2.17 bits per heavy atom. The van der Waals surface area contributed by atoms with E-state index in [-0.39, 0.29) is 19.0 Å². The molecule has 0 bridgehead atoms. The molecule has 8 heteroatoms. The molecule has 2 aromatic rings. The minimum Gasteiger partial charge on any atom is -0.363 e. The summed E-state index contributed by atoms with van der Waals surface area (Å²) in [4.78, 5) is 0. The fourth-order valence-corrected chi connectivity index (χ4v) is 1.61. The van der Waals surface area contributed by atoms with Gasteiger partial charge in [0.25, 0.3) is 0 Å². The molecule has 1 N–H and O–H groups in total. The van der Waals surface area contributed by atoms with Gasteiger partial charge in [0.05, 0.1) is 12.2 Å². The van der Waals surface area contributed by atoms with Crippen LogP contribution in [0.2, 0.25) is 0 Å². The van der Waals surface area contributed by atoms with E-state index >= 15 is 0 Å². The number of hydrogen-bond donors (Lipinski definition) is 1. The van der Waals surface area contributed by atoms with Crippen molar-refractivity contribution in [3.8, 4) is 0 Å². The molecular formula is C10H14ClF2N5. The van der Waals surface area contributed by atoms with Gasteiger partial charge < -0.3 is 5.32 Å². The molecule has 5 nitrogen and oxygen atoms in total. The highest BCUT2D eigenvalue weighted by molar-refractivity contribution is 5.85. The van der Waals surface area contributed by atoms with E-state index in [1.165, 1.54) is 6.20 Å². The second-order valence-corrected chi connectivity index (χ2v) is 3.73. The first kappa shape index (κ1) is 14.4. The lowest BCUT2D eigenvalue weighted by molar-refractivity contribution is 0.0537. The average molecular weight is 278 g/mol. The number of nitrogens with zero attached hydrogens (tertiary/aromatic N) is 4. The van der Waals surface area contributed by atoms with Crippen LogP contribution in [0.25, 0.3) is 0 Å². The predicted octanol–water partition coefficient (Wildman–Crippen LogP) is 2.35. The lowest BCUT2D eigenvalue weighted by Gasteiger charge is -2.07. The molecule has 0 unspecified atom stereocenters. The van der Waals surface area contributed by atoms with Crippen molar-refractivity contribution in [3.05, 3.63) is 29.7 Å². The maximum Gasteiger partial charge on any atom is 0.333 e. The molecule has 100 valence electrons. The Hall–Kier alpha value is -1.63. The standard InChI is InChI=1S/C10H13F2N5.ClH/c1-7-6-16(2)15-9(7)13-5-8-3-4-14-17(8)10(11)12;/h3-4,6,10H,5H2,1-2H3,(H,13,15);1H. The van der Waals surface area contributed by atoms with Gasteiger partial charge in [0.1, 0.15) is 0 Å². The lowest BCUT2D eigenvalue weighted by Crippen LogP contribution is -2.10. The number of hydrogen-bond acceptors (Lipinski definition) is 3. The molecule has 0 aliphatic carbocycles. The highest BCUT2D eigenvalue weighted by Gasteiger charge is 2.12. The van der Waals surface area contributed by atoms with Crippen molar-refractivity contribution >= 4 is 18.2 Å². The van der Waals surface area contributed by atoms with Crippen molar-refractivity contribution < 1.29 is 8.78 Å². The van der Waals surface area contributed by atoms with Gasteiger partial charge in [0.15, 0.2) is 5.82 Å². The number of nitrogens with one attached hydrogen (secondary N) is 1. The largest absolute Gasteiger partial charge is 0.363 e. The summed E-state index contributed by atoms with van der Waals surface area (Å²) in [5.74, 6) is 0.689. The maximum absolute atomic E-state index is 12.5. The zero-order valence-corrected chi connectivity index (χ0v) is 10.8. The Kier molecular flexibility index (Phi) is 4.66. The topological polar surface area (TPSA) is 47.7 Å². The van der Waals surface area contributed by atoms with E-state index in [2.05, 4.69) is 15.5 Å². The molecule has 0 radical (unpaired) electrons. The van der Waals surface area contributed by atoms with Crippen molar-refractivity contribution in [2.45, 2.75) is 20.0 Å². The molecule has 18 heavy (non-hydrogen) atoms. The Balaban J connectivity index is 0.00000162. The summed E-state index contributed by atoms with van der Waals surface area (Å²) in [7, 11) is 1.81. The first-order chi connectivity index (χ1) is 8.08. The number of anilines is 1. The molecule has 0 saturated heterocycles. The van der Waals surface area contributed by atoms with Gasteiger partial charge in [-0.25, -0.2) is 4.68 Å². The van der Waals surface area contributed by atoms with E-state index in [1.54, 1.807) is 10.7 Å². The number of halogens is 3. The van der Waals surface area contributed by atoms with Crippen LogP contribution in [0.1, 0.15) is 17.8 Å². The summed E-state index contributed by atoms with van der Waals surface area (Å²) < 4.78 is 27.4. The minimum atomic E-state index is -2.62. The second-order valence-electron chi connectivity index (χ2n) is 3.73. The van der Waals surface area contributed by atoms with Crippen LogP contribution in [-0.4, -0.2) is 19.6 Å². The molecule has 0 amide bonds. The molecule has 2 aromatic heterocycles. The molecule has 0 aromatic carbocycles. The first-order valence-electron chi connectivity index (χ1n) is 5.12. The highest BCUT2D eigenvalue weighted by atomic mass is 35.5. The van der Waals surface area contributed by atoms with Crippen molar-refractivity contribution in [2.75, 3.05) is 5.32 Å². The SMILES string of the molecule is Cc1cn(C)nc1NCc1ccnn1C(F)F.Cl. The fourth-order valence-electron chi connectivity index (χ4n) is 1.61. The molecule has 0 atom stereocenters.